The predicted octanol–water partition coefficient (Wildman–Crippen LogP) is 15.3. The molecule has 0 fully saturated rings. The van der Waals surface area contributed by atoms with Gasteiger partial charge in [0.1, 0.15) is 0 Å². The Kier molecular flexibility index (Phi) is 8.80. The fourth-order valence-corrected chi connectivity index (χ4v) is 9.92. The van der Waals surface area contributed by atoms with E-state index in [1.807, 2.05) is 24.3 Å². The molecule has 0 bridgehead atoms. The second-order valence-electron chi connectivity index (χ2n) is 17.2. The van der Waals surface area contributed by atoms with Crippen molar-refractivity contribution in [2.24, 2.45) is 0 Å². The molecule has 4 nitrogen and oxygen atoms in total. The minimum Gasteiger partial charge on any atom is -0.309 e. The molecule has 1 aliphatic carbocycles. The summed E-state index contributed by atoms with van der Waals surface area (Å²) in [6, 6.07) is 78.0. The van der Waals surface area contributed by atoms with Crippen molar-refractivity contribution in [2.45, 2.75) is 19.3 Å². The first kappa shape index (κ1) is 37.5. The van der Waals surface area contributed by atoms with Crippen molar-refractivity contribution in [1.82, 2.24) is 19.5 Å². The van der Waals surface area contributed by atoms with Crippen LogP contribution in [0.3, 0.4) is 0 Å². The van der Waals surface area contributed by atoms with Crippen molar-refractivity contribution in [3.05, 3.63) is 230 Å². The zero-order valence-corrected chi connectivity index (χ0v) is 35.6. The molecule has 0 N–H and O–H groups in total. The molecular weight excluding hydrogens is 777 g/mol. The number of benzene rings is 9. The lowest BCUT2D eigenvalue weighted by molar-refractivity contribution is 0.660. The highest BCUT2D eigenvalue weighted by Crippen LogP contribution is 2.50. The van der Waals surface area contributed by atoms with Gasteiger partial charge in [-0.15, -0.1) is 0 Å². The van der Waals surface area contributed by atoms with E-state index in [-0.39, 0.29) is 5.41 Å². The predicted molar refractivity (Wildman–Crippen MR) is 264 cm³/mol. The zero-order valence-electron chi connectivity index (χ0n) is 35.6. The van der Waals surface area contributed by atoms with Crippen molar-refractivity contribution >= 4 is 21.8 Å². The summed E-state index contributed by atoms with van der Waals surface area (Å²) >= 11 is 0. The summed E-state index contributed by atoms with van der Waals surface area (Å²) in [5.74, 6) is 1.88. The first-order valence-corrected chi connectivity index (χ1v) is 21.9. The molecule has 2 heterocycles. The lowest BCUT2D eigenvalue weighted by Crippen LogP contribution is -2.14. The Bertz CT molecular complexity index is 3570. The summed E-state index contributed by atoms with van der Waals surface area (Å²) in [5.41, 5.74) is 18.5. The third-order valence-electron chi connectivity index (χ3n) is 13.1. The maximum atomic E-state index is 5.18. The van der Waals surface area contributed by atoms with E-state index in [0.717, 1.165) is 39.0 Å². The average Bonchev–Trinajstić information content (AvgIpc) is 3.82. The summed E-state index contributed by atoms with van der Waals surface area (Å²) in [4.78, 5) is 15.4. The fraction of sp³-hybridized carbons (Fsp3) is 0.0500. The molecule has 4 heteroatoms. The second-order valence-corrected chi connectivity index (χ2v) is 17.2. The van der Waals surface area contributed by atoms with Gasteiger partial charge in [-0.2, -0.15) is 0 Å². The van der Waals surface area contributed by atoms with Gasteiger partial charge in [0.05, 0.1) is 11.0 Å². The first-order valence-electron chi connectivity index (χ1n) is 21.9. The highest BCUT2D eigenvalue weighted by atomic mass is 15.0. The van der Waals surface area contributed by atoms with E-state index < -0.39 is 0 Å². The van der Waals surface area contributed by atoms with Gasteiger partial charge in [0.15, 0.2) is 17.5 Å². The van der Waals surface area contributed by atoms with E-state index in [1.54, 1.807) is 0 Å². The van der Waals surface area contributed by atoms with Crippen molar-refractivity contribution in [1.29, 1.82) is 0 Å². The van der Waals surface area contributed by atoms with Gasteiger partial charge in [0, 0.05) is 44.1 Å². The molecule has 0 saturated carbocycles. The quantitative estimate of drug-likeness (QED) is 0.161. The van der Waals surface area contributed by atoms with E-state index in [2.05, 4.69) is 213 Å². The molecule has 9 aromatic carbocycles. The van der Waals surface area contributed by atoms with E-state index in [0.29, 0.717) is 17.5 Å². The number of rotatable bonds is 7. The summed E-state index contributed by atoms with van der Waals surface area (Å²) in [5, 5.41) is 2.40. The SMILES string of the molecule is CC1(C)c2ccccc2-c2ccc(-c3ccccc3-c3cccc4c5ccccc5n(-c5cccc(-c6nc(-c7ccccc7)nc(-c7ccc(-c8ccccc8)cc7)n6)c5)c34)cc21. The topological polar surface area (TPSA) is 43.6 Å². The van der Waals surface area contributed by atoms with E-state index in [9.17, 15) is 0 Å². The maximum absolute atomic E-state index is 5.18. The molecule has 0 saturated heterocycles. The van der Waals surface area contributed by atoms with Crippen molar-refractivity contribution in [2.75, 3.05) is 0 Å². The van der Waals surface area contributed by atoms with Gasteiger partial charge in [-0.25, -0.2) is 15.0 Å². The van der Waals surface area contributed by atoms with Crippen LogP contribution in [0, 0.1) is 0 Å². The van der Waals surface area contributed by atoms with Gasteiger partial charge in [-0.1, -0.05) is 208 Å². The Labute approximate surface area is 372 Å². The Hall–Kier alpha value is -8.21. The maximum Gasteiger partial charge on any atom is 0.164 e. The molecule has 11 aromatic rings. The van der Waals surface area contributed by atoms with E-state index >= 15 is 0 Å². The minimum atomic E-state index is -0.0948. The standard InChI is InChI=1S/C60H42N4/c1-60(2)53-29-13-11-25-48(53)49-36-35-43(38-54(49)60)46-23-9-10-24-47(46)51-27-16-28-52-50-26-12-14-30-55(50)64(56(51)52)45-22-15-21-44(37-45)59-62-57(41-19-7-4-8-20-41)61-58(63-59)42-33-31-40(32-34-42)39-17-5-3-6-18-39/h3-38H,1-2H3. The molecule has 1 aliphatic rings. The molecule has 0 spiro atoms. The van der Waals surface area contributed by atoms with Crippen LogP contribution in [0.25, 0.3) is 106 Å². The first-order chi connectivity index (χ1) is 31.5. The Morgan fingerprint density at radius 2 is 0.828 bits per heavy atom. The third kappa shape index (κ3) is 6.18. The second kappa shape index (κ2) is 15.0. The van der Waals surface area contributed by atoms with Crippen LogP contribution in [-0.4, -0.2) is 19.5 Å². The van der Waals surface area contributed by atoms with Gasteiger partial charge in [0.2, 0.25) is 0 Å². The van der Waals surface area contributed by atoms with Gasteiger partial charge >= 0.3 is 0 Å². The summed E-state index contributed by atoms with van der Waals surface area (Å²) in [6.07, 6.45) is 0. The van der Waals surface area contributed by atoms with Crippen molar-refractivity contribution in [3.63, 3.8) is 0 Å². The van der Waals surface area contributed by atoms with Gasteiger partial charge in [-0.3, -0.25) is 0 Å². The summed E-state index contributed by atoms with van der Waals surface area (Å²) in [6.45, 7) is 4.70. The average molecular weight is 819 g/mol. The molecular formula is C60H42N4. The van der Waals surface area contributed by atoms with Gasteiger partial charge in [-0.05, 0) is 74.3 Å². The smallest absolute Gasteiger partial charge is 0.164 e. The van der Waals surface area contributed by atoms with E-state index in [1.165, 1.54) is 60.8 Å². The molecule has 0 atom stereocenters. The summed E-state index contributed by atoms with van der Waals surface area (Å²) < 4.78 is 2.42. The zero-order chi connectivity index (χ0) is 42.8. The number of hydrogen-bond acceptors (Lipinski definition) is 3. The van der Waals surface area contributed by atoms with Gasteiger partial charge in [0.25, 0.3) is 0 Å². The monoisotopic (exact) mass is 818 g/mol. The van der Waals surface area contributed by atoms with Crippen LogP contribution >= 0.6 is 0 Å². The molecule has 64 heavy (non-hydrogen) atoms. The lowest BCUT2D eigenvalue weighted by atomic mass is 9.81. The Morgan fingerprint density at radius 1 is 0.328 bits per heavy atom. The van der Waals surface area contributed by atoms with Crippen LogP contribution in [0.4, 0.5) is 0 Å². The molecule has 12 rings (SSSR count). The third-order valence-corrected chi connectivity index (χ3v) is 13.1. The van der Waals surface area contributed by atoms with Crippen LogP contribution < -0.4 is 0 Å². The number of nitrogens with zero attached hydrogens (tertiary/aromatic N) is 4. The fourth-order valence-electron chi connectivity index (χ4n) is 9.92. The van der Waals surface area contributed by atoms with Crippen molar-refractivity contribution < 1.29 is 0 Å². The van der Waals surface area contributed by atoms with Crippen LogP contribution in [0.5, 0.6) is 0 Å². The summed E-state index contributed by atoms with van der Waals surface area (Å²) in [7, 11) is 0. The number of para-hydroxylation sites is 2. The molecule has 302 valence electrons. The number of hydrogen-bond donors (Lipinski definition) is 0. The van der Waals surface area contributed by atoms with Crippen LogP contribution in [-0.2, 0) is 5.41 Å². The highest BCUT2D eigenvalue weighted by Gasteiger charge is 2.35. The normalized spacial score (nSPS) is 12.7. The lowest BCUT2D eigenvalue weighted by Gasteiger charge is -2.22. The highest BCUT2D eigenvalue weighted by molar-refractivity contribution is 6.14. The Morgan fingerprint density at radius 3 is 1.59 bits per heavy atom. The van der Waals surface area contributed by atoms with Crippen LogP contribution in [0.2, 0.25) is 0 Å². The van der Waals surface area contributed by atoms with Crippen molar-refractivity contribution in [3.8, 4) is 84.4 Å². The molecule has 0 amide bonds. The number of aromatic nitrogens is 4. The molecule has 0 aliphatic heterocycles. The van der Waals surface area contributed by atoms with Crippen LogP contribution in [0.15, 0.2) is 218 Å². The number of fused-ring (bicyclic) bond motifs is 6. The largest absolute Gasteiger partial charge is 0.309 e. The van der Waals surface area contributed by atoms with E-state index in [4.69, 9.17) is 15.0 Å². The molecule has 2 aromatic heterocycles. The molecule has 0 radical (unpaired) electrons. The van der Waals surface area contributed by atoms with Gasteiger partial charge < -0.3 is 4.57 Å². The van der Waals surface area contributed by atoms with Crippen LogP contribution in [0.1, 0.15) is 25.0 Å². The Balaban J connectivity index is 1.01. The minimum absolute atomic E-state index is 0.0948. The molecule has 0 unspecified atom stereocenters.